The van der Waals surface area contributed by atoms with E-state index < -0.39 is 83.6 Å². The minimum absolute atomic E-state index is 0.186. The van der Waals surface area contributed by atoms with Crippen LogP contribution in [0, 0.1) is 0 Å². The topological polar surface area (TPSA) is 74.6 Å². The van der Waals surface area contributed by atoms with E-state index in [1.165, 1.54) is 0 Å². The first-order chi connectivity index (χ1) is 13.9. The van der Waals surface area contributed by atoms with E-state index in [1.54, 1.807) is 0 Å². The molecule has 16 heteroatoms. The zero-order valence-electron chi connectivity index (χ0n) is 15.8. The van der Waals surface area contributed by atoms with Gasteiger partial charge in [0.1, 0.15) is 0 Å². The lowest BCUT2D eigenvalue weighted by Gasteiger charge is -2.39. The van der Waals surface area contributed by atoms with Crippen LogP contribution in [0.25, 0.3) is 0 Å². The number of aliphatic carboxylic acids is 2. The first-order valence-electron chi connectivity index (χ1n) is 7.99. The lowest BCUT2D eigenvalue weighted by molar-refractivity contribution is -0.395. The Hall–Kier alpha value is -2.42. The van der Waals surface area contributed by atoms with Crippen molar-refractivity contribution in [3.63, 3.8) is 0 Å². The first kappa shape index (κ1) is 29.6. The molecule has 0 bridgehead atoms. The minimum atomic E-state index is -7.57. The molecule has 32 heavy (non-hydrogen) atoms. The highest BCUT2D eigenvalue weighted by Gasteiger charge is 2.85. The molecule has 0 aromatic rings. The molecule has 0 aliphatic rings. The van der Waals surface area contributed by atoms with Gasteiger partial charge in [-0.15, -0.1) is 0 Å². The third kappa shape index (κ3) is 5.68. The average Bonchev–Trinajstić information content (AvgIpc) is 2.58. The van der Waals surface area contributed by atoms with Crippen molar-refractivity contribution in [2.45, 2.75) is 62.2 Å². The number of rotatable bonds is 11. The lowest BCUT2D eigenvalue weighted by atomic mass is 9.91. The number of hydrogen-bond acceptors (Lipinski definition) is 2. The molecular formula is C16H14F12O4. The molecule has 0 aliphatic heterocycles. The molecule has 4 nitrogen and oxygen atoms in total. The zero-order chi connectivity index (χ0) is 26.1. The van der Waals surface area contributed by atoms with Crippen molar-refractivity contribution in [3.8, 4) is 0 Å². The summed E-state index contributed by atoms with van der Waals surface area (Å²) in [6.45, 7) is 0.721. The Morgan fingerprint density at radius 3 is 1.38 bits per heavy atom. The maximum absolute atomic E-state index is 13.7. The van der Waals surface area contributed by atoms with E-state index in [4.69, 9.17) is 10.2 Å². The van der Waals surface area contributed by atoms with Crippen molar-refractivity contribution in [2.75, 3.05) is 0 Å². The molecule has 0 unspecified atom stereocenters. The van der Waals surface area contributed by atoms with Gasteiger partial charge in [-0.05, 0) is 19.9 Å². The lowest BCUT2D eigenvalue weighted by Crippen LogP contribution is -2.67. The summed E-state index contributed by atoms with van der Waals surface area (Å²) in [5, 5.41) is 16.7. The van der Waals surface area contributed by atoms with Gasteiger partial charge in [0.15, 0.2) is 0 Å². The van der Waals surface area contributed by atoms with Crippen LogP contribution in [0.4, 0.5) is 52.7 Å². The van der Waals surface area contributed by atoms with E-state index in [0.717, 1.165) is 0 Å². The van der Waals surface area contributed by atoms with Crippen molar-refractivity contribution in [1.29, 1.82) is 0 Å². The summed E-state index contributed by atoms with van der Waals surface area (Å²) in [7, 11) is 0. The smallest absolute Gasteiger partial charge is 0.384 e. The molecule has 0 fully saturated rings. The molecular weight excluding hydrogens is 484 g/mol. The summed E-state index contributed by atoms with van der Waals surface area (Å²) in [6.07, 6.45) is -7.25. The number of halogens is 12. The summed E-state index contributed by atoms with van der Waals surface area (Å²) in [6, 6.07) is 0. The van der Waals surface area contributed by atoms with Crippen molar-refractivity contribution in [1.82, 2.24) is 0 Å². The second-order valence-corrected chi connectivity index (χ2v) is 6.58. The van der Waals surface area contributed by atoms with E-state index in [0.29, 0.717) is 6.92 Å². The SMILES string of the molecule is CC(=CC(F)(F)CCC(F)(F)C(F)(F)C(F)(F)C(F)(F)C(F)(F)C=C(C)C(=O)O)C(=O)O. The van der Waals surface area contributed by atoms with Gasteiger partial charge in [0.05, 0.1) is 0 Å². The fourth-order valence-electron chi connectivity index (χ4n) is 1.99. The Morgan fingerprint density at radius 1 is 0.625 bits per heavy atom. The van der Waals surface area contributed by atoms with Crippen LogP contribution in [0.5, 0.6) is 0 Å². The van der Waals surface area contributed by atoms with Crippen LogP contribution < -0.4 is 0 Å². The van der Waals surface area contributed by atoms with Gasteiger partial charge in [-0.1, -0.05) is 0 Å². The van der Waals surface area contributed by atoms with Crippen molar-refractivity contribution < 1.29 is 72.5 Å². The normalized spacial score (nSPS) is 15.7. The Labute approximate surface area is 171 Å². The van der Waals surface area contributed by atoms with Gasteiger partial charge >= 0.3 is 41.6 Å². The van der Waals surface area contributed by atoms with Crippen LogP contribution in [-0.4, -0.2) is 57.7 Å². The summed E-state index contributed by atoms with van der Waals surface area (Å²) in [5.41, 5.74) is -2.89. The van der Waals surface area contributed by atoms with E-state index in [9.17, 15) is 62.3 Å². The van der Waals surface area contributed by atoms with Gasteiger partial charge in [-0.3, -0.25) is 0 Å². The summed E-state index contributed by atoms with van der Waals surface area (Å²) < 4.78 is 163. The summed E-state index contributed by atoms with van der Waals surface area (Å²) >= 11 is 0. The van der Waals surface area contributed by atoms with E-state index in [1.807, 2.05) is 0 Å². The largest absolute Gasteiger partial charge is 0.478 e. The maximum Gasteiger partial charge on any atom is 0.384 e. The fourth-order valence-corrected chi connectivity index (χ4v) is 1.99. The first-order valence-corrected chi connectivity index (χ1v) is 7.99. The highest BCUT2D eigenvalue weighted by Crippen LogP contribution is 2.58. The van der Waals surface area contributed by atoms with E-state index in [-0.39, 0.29) is 6.92 Å². The van der Waals surface area contributed by atoms with Gasteiger partial charge < -0.3 is 10.2 Å². The van der Waals surface area contributed by atoms with Gasteiger partial charge in [0.25, 0.3) is 5.92 Å². The molecule has 2 N–H and O–H groups in total. The van der Waals surface area contributed by atoms with Crippen molar-refractivity contribution in [3.05, 3.63) is 23.3 Å². The quantitative estimate of drug-likeness (QED) is 0.286. The average molecular weight is 498 g/mol. The fraction of sp³-hybridized carbons (Fsp3) is 0.625. The Kier molecular flexibility index (Phi) is 8.17. The second-order valence-electron chi connectivity index (χ2n) is 6.58. The molecule has 0 rings (SSSR count). The molecule has 0 radical (unpaired) electrons. The van der Waals surface area contributed by atoms with Crippen LogP contribution in [0.3, 0.4) is 0 Å². The molecule has 0 spiro atoms. The Bertz CT molecular complexity index is 799. The Morgan fingerprint density at radius 2 is 1.00 bits per heavy atom. The number of allylic oxidation sites excluding steroid dienone is 2. The van der Waals surface area contributed by atoms with Gasteiger partial charge in [0, 0.05) is 30.1 Å². The molecule has 0 aliphatic carbocycles. The third-order valence-corrected chi connectivity index (χ3v) is 3.94. The molecule has 0 saturated heterocycles. The van der Waals surface area contributed by atoms with Gasteiger partial charge in [-0.25, -0.2) is 18.4 Å². The summed E-state index contributed by atoms with van der Waals surface area (Å²) in [5.74, 6) is -44.0. The molecule has 0 aromatic carbocycles. The monoisotopic (exact) mass is 498 g/mol. The van der Waals surface area contributed by atoms with Gasteiger partial charge in [-0.2, -0.15) is 43.9 Å². The highest BCUT2D eigenvalue weighted by molar-refractivity contribution is 5.86. The number of hydrogen-bond donors (Lipinski definition) is 2. The molecule has 0 amide bonds. The Balaban J connectivity index is 6.12. The maximum atomic E-state index is 13.7. The predicted octanol–water partition coefficient (Wildman–Crippen LogP) is 5.64. The van der Waals surface area contributed by atoms with Crippen LogP contribution in [-0.2, 0) is 9.59 Å². The van der Waals surface area contributed by atoms with Crippen molar-refractivity contribution >= 4 is 11.9 Å². The standard InChI is InChI=1S/C16H14F12O4/c1-7(9(29)30)5-11(17,18)3-4-12(19,20)14(23,24)16(27,28)15(25,26)13(21,22)6-8(2)10(31)32/h5-6H,3-4H2,1-2H3,(H,29,30)(H,31,32). The zero-order valence-corrected chi connectivity index (χ0v) is 15.8. The van der Waals surface area contributed by atoms with Gasteiger partial charge in [0.2, 0.25) is 0 Å². The van der Waals surface area contributed by atoms with E-state index in [2.05, 4.69) is 0 Å². The highest BCUT2D eigenvalue weighted by atomic mass is 19.4. The molecule has 0 aromatic heterocycles. The minimum Gasteiger partial charge on any atom is -0.478 e. The van der Waals surface area contributed by atoms with Crippen LogP contribution in [0.15, 0.2) is 23.3 Å². The third-order valence-electron chi connectivity index (χ3n) is 3.94. The number of carbonyl (C=O) groups is 2. The molecule has 0 heterocycles. The molecule has 0 atom stereocenters. The summed E-state index contributed by atoms with van der Waals surface area (Å²) in [4.78, 5) is 20.8. The predicted molar refractivity (Wildman–Crippen MR) is 81.7 cm³/mol. The van der Waals surface area contributed by atoms with Crippen LogP contribution >= 0.6 is 0 Å². The van der Waals surface area contributed by atoms with Crippen LogP contribution in [0.1, 0.15) is 26.7 Å². The van der Waals surface area contributed by atoms with Crippen molar-refractivity contribution in [2.24, 2.45) is 0 Å². The molecule has 186 valence electrons. The number of carboxylic acids is 2. The van der Waals surface area contributed by atoms with E-state index >= 15 is 0 Å². The second kappa shape index (κ2) is 8.84. The number of carboxylic acid groups (broad SMARTS) is 2. The van der Waals surface area contributed by atoms with Crippen LogP contribution in [0.2, 0.25) is 0 Å². The molecule has 0 saturated carbocycles. The number of alkyl halides is 12.